The predicted octanol–water partition coefficient (Wildman–Crippen LogP) is 3.08. The second-order valence-electron chi connectivity index (χ2n) is 7.15. The fraction of sp³-hybridized carbons (Fsp3) is 0.647. The number of hydrogen-bond acceptors (Lipinski definition) is 2. The molecular formula is C17H23NO. The minimum Gasteiger partial charge on any atom is -0.508 e. The fourth-order valence-electron chi connectivity index (χ4n) is 4.20. The monoisotopic (exact) mass is 257 g/mol. The van der Waals surface area contributed by atoms with E-state index < -0.39 is 0 Å². The molecule has 1 unspecified atom stereocenters. The SMILES string of the molecule is C[C@@]12CCN(CC3CC3)C(Cc3ccc(O)cc31)C2. The summed E-state index contributed by atoms with van der Waals surface area (Å²) in [5, 5.41) is 9.77. The van der Waals surface area contributed by atoms with E-state index in [4.69, 9.17) is 0 Å². The Labute approximate surface area is 115 Å². The molecule has 2 nitrogen and oxygen atoms in total. The van der Waals surface area contributed by atoms with Gasteiger partial charge in [0, 0.05) is 12.6 Å². The van der Waals surface area contributed by atoms with Gasteiger partial charge in [-0.15, -0.1) is 0 Å². The maximum Gasteiger partial charge on any atom is 0.115 e. The van der Waals surface area contributed by atoms with Gasteiger partial charge in [-0.25, -0.2) is 0 Å². The van der Waals surface area contributed by atoms with E-state index in [1.54, 1.807) is 0 Å². The summed E-state index contributed by atoms with van der Waals surface area (Å²) < 4.78 is 0. The molecule has 19 heavy (non-hydrogen) atoms. The molecule has 0 radical (unpaired) electrons. The van der Waals surface area contributed by atoms with Crippen LogP contribution in [0.5, 0.6) is 5.75 Å². The van der Waals surface area contributed by atoms with Crippen LogP contribution in [-0.4, -0.2) is 29.1 Å². The first-order chi connectivity index (χ1) is 9.14. The van der Waals surface area contributed by atoms with Crippen molar-refractivity contribution in [2.45, 2.75) is 50.5 Å². The smallest absolute Gasteiger partial charge is 0.115 e. The molecule has 4 rings (SSSR count). The van der Waals surface area contributed by atoms with Gasteiger partial charge in [0.1, 0.15) is 5.75 Å². The van der Waals surface area contributed by atoms with Gasteiger partial charge in [-0.3, -0.25) is 4.90 Å². The third-order valence-electron chi connectivity index (χ3n) is 5.54. The highest BCUT2D eigenvalue weighted by Crippen LogP contribution is 2.46. The van der Waals surface area contributed by atoms with Crippen molar-refractivity contribution in [1.29, 1.82) is 0 Å². The van der Waals surface area contributed by atoms with Crippen LogP contribution >= 0.6 is 0 Å². The van der Waals surface area contributed by atoms with Gasteiger partial charge in [-0.2, -0.15) is 0 Å². The van der Waals surface area contributed by atoms with Crippen molar-refractivity contribution < 1.29 is 5.11 Å². The Balaban J connectivity index is 1.66. The molecule has 0 aromatic heterocycles. The minimum absolute atomic E-state index is 0.289. The van der Waals surface area contributed by atoms with Gasteiger partial charge in [0.2, 0.25) is 0 Å². The van der Waals surface area contributed by atoms with E-state index in [0.717, 1.165) is 12.0 Å². The second kappa shape index (κ2) is 3.99. The molecule has 1 saturated heterocycles. The average molecular weight is 257 g/mol. The molecule has 0 spiro atoms. The molecule has 2 aliphatic carbocycles. The van der Waals surface area contributed by atoms with E-state index in [1.165, 1.54) is 56.3 Å². The Morgan fingerprint density at radius 2 is 2.21 bits per heavy atom. The molecule has 1 aliphatic heterocycles. The molecule has 2 fully saturated rings. The van der Waals surface area contributed by atoms with Gasteiger partial charge in [-0.1, -0.05) is 13.0 Å². The number of aromatic hydroxyl groups is 1. The number of fused-ring (bicyclic) bond motifs is 4. The summed E-state index contributed by atoms with van der Waals surface area (Å²) in [5.74, 6) is 1.42. The van der Waals surface area contributed by atoms with Gasteiger partial charge >= 0.3 is 0 Å². The zero-order valence-electron chi connectivity index (χ0n) is 11.7. The first-order valence-electron chi connectivity index (χ1n) is 7.70. The normalized spacial score (nSPS) is 34.1. The lowest BCUT2D eigenvalue weighted by atomic mass is 9.65. The van der Waals surface area contributed by atoms with Gasteiger partial charge in [0.15, 0.2) is 0 Å². The molecule has 2 heteroatoms. The van der Waals surface area contributed by atoms with Crippen molar-refractivity contribution in [3.63, 3.8) is 0 Å². The first kappa shape index (κ1) is 11.8. The van der Waals surface area contributed by atoms with E-state index in [1.807, 2.05) is 12.1 Å². The molecule has 1 N–H and O–H groups in total. The van der Waals surface area contributed by atoms with Crippen molar-refractivity contribution in [1.82, 2.24) is 4.90 Å². The third kappa shape index (κ3) is 1.97. The van der Waals surface area contributed by atoms with Crippen LogP contribution in [0.2, 0.25) is 0 Å². The fourth-order valence-corrected chi connectivity index (χ4v) is 4.20. The van der Waals surface area contributed by atoms with E-state index in [-0.39, 0.29) is 5.41 Å². The quantitative estimate of drug-likeness (QED) is 0.880. The van der Waals surface area contributed by atoms with E-state index in [0.29, 0.717) is 5.75 Å². The van der Waals surface area contributed by atoms with Crippen LogP contribution in [0.25, 0.3) is 0 Å². The van der Waals surface area contributed by atoms with Crippen LogP contribution in [0.1, 0.15) is 43.7 Å². The standard InChI is InChI=1S/C17H23NO/c1-17-6-7-18(11-12-2-3-12)14(10-17)8-13-4-5-15(19)9-16(13)17/h4-5,9,12,14,19H,2-3,6-8,10-11H2,1H3/t14?,17-/m0/s1. The minimum atomic E-state index is 0.289. The Hall–Kier alpha value is -1.02. The maximum atomic E-state index is 9.77. The molecule has 2 bridgehead atoms. The van der Waals surface area contributed by atoms with Crippen LogP contribution in [0, 0.1) is 5.92 Å². The number of phenolic OH excluding ortho intramolecular Hbond substituents is 1. The molecule has 2 atom stereocenters. The third-order valence-corrected chi connectivity index (χ3v) is 5.54. The number of nitrogens with zero attached hydrogens (tertiary/aromatic N) is 1. The van der Waals surface area contributed by atoms with Crippen LogP contribution in [0.15, 0.2) is 18.2 Å². The second-order valence-corrected chi connectivity index (χ2v) is 7.15. The Bertz CT molecular complexity index is 508. The topological polar surface area (TPSA) is 23.5 Å². The molecule has 1 aromatic carbocycles. The molecule has 1 heterocycles. The summed E-state index contributed by atoms with van der Waals surface area (Å²) >= 11 is 0. The highest BCUT2D eigenvalue weighted by molar-refractivity contribution is 5.43. The zero-order chi connectivity index (χ0) is 13.0. The lowest BCUT2D eigenvalue weighted by Crippen LogP contribution is -2.52. The molecule has 1 saturated carbocycles. The summed E-state index contributed by atoms with van der Waals surface area (Å²) in [6, 6.07) is 6.75. The number of hydrogen-bond donors (Lipinski definition) is 1. The first-order valence-corrected chi connectivity index (χ1v) is 7.70. The van der Waals surface area contributed by atoms with Crippen LogP contribution < -0.4 is 0 Å². The summed E-state index contributed by atoms with van der Waals surface area (Å²) in [6.07, 6.45) is 6.59. The Morgan fingerprint density at radius 1 is 1.37 bits per heavy atom. The van der Waals surface area contributed by atoms with E-state index in [2.05, 4.69) is 17.9 Å². The van der Waals surface area contributed by atoms with Gasteiger partial charge in [-0.05, 0) is 73.2 Å². The Kier molecular flexibility index (Phi) is 2.47. The lowest BCUT2D eigenvalue weighted by molar-refractivity contribution is 0.0830. The van der Waals surface area contributed by atoms with Crippen molar-refractivity contribution in [2.24, 2.45) is 5.92 Å². The van der Waals surface area contributed by atoms with Crippen LogP contribution in [0.4, 0.5) is 0 Å². The van der Waals surface area contributed by atoms with Crippen molar-refractivity contribution >= 4 is 0 Å². The van der Waals surface area contributed by atoms with E-state index in [9.17, 15) is 5.11 Å². The largest absolute Gasteiger partial charge is 0.508 e. The molecule has 1 aromatic rings. The molecule has 102 valence electrons. The van der Waals surface area contributed by atoms with Gasteiger partial charge in [0.25, 0.3) is 0 Å². The maximum absolute atomic E-state index is 9.77. The molecular weight excluding hydrogens is 234 g/mol. The van der Waals surface area contributed by atoms with Crippen molar-refractivity contribution in [2.75, 3.05) is 13.1 Å². The zero-order valence-corrected chi connectivity index (χ0v) is 11.7. The molecule has 3 aliphatic rings. The van der Waals surface area contributed by atoms with Crippen molar-refractivity contribution in [3.8, 4) is 5.75 Å². The van der Waals surface area contributed by atoms with Gasteiger partial charge < -0.3 is 5.11 Å². The number of rotatable bonds is 2. The Morgan fingerprint density at radius 3 is 3.00 bits per heavy atom. The highest BCUT2D eigenvalue weighted by atomic mass is 16.3. The van der Waals surface area contributed by atoms with Crippen molar-refractivity contribution in [3.05, 3.63) is 29.3 Å². The number of piperidine rings is 1. The summed E-state index contributed by atoms with van der Waals surface area (Å²) in [5.41, 5.74) is 3.17. The number of likely N-dealkylation sites (tertiary alicyclic amines) is 1. The number of phenols is 1. The summed E-state index contributed by atoms with van der Waals surface area (Å²) in [4.78, 5) is 2.75. The van der Waals surface area contributed by atoms with E-state index >= 15 is 0 Å². The summed E-state index contributed by atoms with van der Waals surface area (Å²) in [7, 11) is 0. The van der Waals surface area contributed by atoms with Gasteiger partial charge in [0.05, 0.1) is 0 Å². The average Bonchev–Trinajstić information content (AvgIpc) is 3.18. The predicted molar refractivity (Wildman–Crippen MR) is 76.5 cm³/mol. The van der Waals surface area contributed by atoms with Crippen LogP contribution in [-0.2, 0) is 11.8 Å². The molecule has 0 amide bonds. The highest BCUT2D eigenvalue weighted by Gasteiger charge is 2.43. The number of benzene rings is 1. The lowest BCUT2D eigenvalue weighted by Gasteiger charge is -2.50. The summed E-state index contributed by atoms with van der Waals surface area (Å²) in [6.45, 7) is 4.97. The van der Waals surface area contributed by atoms with Crippen LogP contribution in [0.3, 0.4) is 0 Å².